The quantitative estimate of drug-likeness (QED) is 0.757. The number of benzene rings is 2. The van der Waals surface area contributed by atoms with Gasteiger partial charge in [0.05, 0.1) is 18.4 Å². The summed E-state index contributed by atoms with van der Waals surface area (Å²) in [6, 6.07) is 12.0. The van der Waals surface area contributed by atoms with Crippen molar-refractivity contribution in [2.45, 2.75) is 32.8 Å². The van der Waals surface area contributed by atoms with Crippen molar-refractivity contribution >= 4 is 29.2 Å². The maximum absolute atomic E-state index is 12.4. The zero-order valence-electron chi connectivity index (χ0n) is 16.7. The lowest BCUT2D eigenvalue weighted by Gasteiger charge is -2.17. The third-order valence-electron chi connectivity index (χ3n) is 4.75. The van der Waals surface area contributed by atoms with Gasteiger partial charge in [0.15, 0.2) is 6.10 Å². The Kier molecular flexibility index (Phi) is 6.16. The number of carbonyl (C=O) groups is 3. The van der Waals surface area contributed by atoms with E-state index in [-0.39, 0.29) is 5.91 Å². The van der Waals surface area contributed by atoms with Gasteiger partial charge in [-0.1, -0.05) is 6.07 Å². The highest BCUT2D eigenvalue weighted by molar-refractivity contribution is 5.99. The molecule has 7 nitrogen and oxygen atoms in total. The molecule has 0 aromatic heterocycles. The Morgan fingerprint density at radius 3 is 2.48 bits per heavy atom. The second-order valence-electron chi connectivity index (χ2n) is 6.94. The van der Waals surface area contributed by atoms with E-state index in [2.05, 4.69) is 5.32 Å². The number of carbonyl (C=O) groups excluding carboxylic acids is 3. The molecule has 0 unspecified atom stereocenters. The number of rotatable bonds is 6. The number of methoxy groups -OCH3 is 1. The predicted molar refractivity (Wildman–Crippen MR) is 109 cm³/mol. The molecule has 29 heavy (non-hydrogen) atoms. The van der Waals surface area contributed by atoms with Crippen molar-refractivity contribution in [1.29, 1.82) is 0 Å². The molecule has 0 radical (unpaired) electrons. The maximum atomic E-state index is 12.4. The van der Waals surface area contributed by atoms with Crippen molar-refractivity contribution in [3.63, 3.8) is 0 Å². The number of hydrogen-bond donors (Lipinski definition) is 1. The SMILES string of the molecule is COc1ccc(C)cc1NC(=O)[C@H](C)OC(=O)c1ccc(N2CCCC2=O)cc1. The zero-order chi connectivity index (χ0) is 21.0. The van der Waals surface area contributed by atoms with Crippen molar-refractivity contribution in [3.8, 4) is 5.75 Å². The molecule has 1 aliphatic rings. The van der Waals surface area contributed by atoms with Crippen LogP contribution < -0.4 is 15.0 Å². The molecule has 0 aliphatic carbocycles. The van der Waals surface area contributed by atoms with Crippen LogP contribution in [0.15, 0.2) is 42.5 Å². The van der Waals surface area contributed by atoms with Crippen molar-refractivity contribution in [1.82, 2.24) is 0 Å². The van der Waals surface area contributed by atoms with E-state index in [4.69, 9.17) is 9.47 Å². The molecule has 7 heteroatoms. The monoisotopic (exact) mass is 396 g/mol. The van der Waals surface area contributed by atoms with Gasteiger partial charge in [-0.25, -0.2) is 4.79 Å². The summed E-state index contributed by atoms with van der Waals surface area (Å²) in [4.78, 5) is 38.3. The second kappa shape index (κ2) is 8.77. The van der Waals surface area contributed by atoms with Gasteiger partial charge in [-0.15, -0.1) is 0 Å². The average molecular weight is 396 g/mol. The van der Waals surface area contributed by atoms with Gasteiger partial charge in [-0.05, 0) is 62.2 Å². The molecule has 0 spiro atoms. The third-order valence-corrected chi connectivity index (χ3v) is 4.75. The van der Waals surface area contributed by atoms with E-state index in [1.165, 1.54) is 14.0 Å². The van der Waals surface area contributed by atoms with E-state index >= 15 is 0 Å². The van der Waals surface area contributed by atoms with E-state index < -0.39 is 18.0 Å². The van der Waals surface area contributed by atoms with Crippen LogP contribution in [0, 0.1) is 6.92 Å². The normalized spacial score (nSPS) is 14.4. The highest BCUT2D eigenvalue weighted by Gasteiger charge is 2.23. The fraction of sp³-hybridized carbons (Fsp3) is 0.318. The smallest absolute Gasteiger partial charge is 0.338 e. The van der Waals surface area contributed by atoms with E-state index in [1.807, 2.05) is 13.0 Å². The van der Waals surface area contributed by atoms with Crippen LogP contribution in [0.4, 0.5) is 11.4 Å². The summed E-state index contributed by atoms with van der Waals surface area (Å²) in [7, 11) is 1.52. The van der Waals surface area contributed by atoms with Crippen LogP contribution in [0.5, 0.6) is 5.75 Å². The molecule has 1 N–H and O–H groups in total. The van der Waals surface area contributed by atoms with E-state index in [1.54, 1.807) is 41.3 Å². The summed E-state index contributed by atoms with van der Waals surface area (Å²) in [6.07, 6.45) is 0.385. The van der Waals surface area contributed by atoms with Crippen LogP contribution in [0.3, 0.4) is 0 Å². The predicted octanol–water partition coefficient (Wildman–Crippen LogP) is 3.31. The lowest BCUT2D eigenvalue weighted by Crippen LogP contribution is -2.30. The first kappa shape index (κ1) is 20.4. The highest BCUT2D eigenvalue weighted by Crippen LogP contribution is 2.26. The molecule has 1 fully saturated rings. The molecule has 2 aromatic carbocycles. The molecule has 0 bridgehead atoms. The summed E-state index contributed by atoms with van der Waals surface area (Å²) in [5.74, 6) is -0.462. The molecule has 3 rings (SSSR count). The van der Waals surface area contributed by atoms with Crippen molar-refractivity contribution in [3.05, 3.63) is 53.6 Å². The lowest BCUT2D eigenvalue weighted by molar-refractivity contribution is -0.123. The van der Waals surface area contributed by atoms with E-state index in [9.17, 15) is 14.4 Å². The third kappa shape index (κ3) is 4.74. The van der Waals surface area contributed by atoms with Crippen LogP contribution in [-0.2, 0) is 14.3 Å². The number of hydrogen-bond acceptors (Lipinski definition) is 5. The van der Waals surface area contributed by atoms with Gasteiger partial charge in [-0.3, -0.25) is 9.59 Å². The first-order valence-electron chi connectivity index (χ1n) is 9.46. The van der Waals surface area contributed by atoms with Gasteiger partial charge in [0.1, 0.15) is 5.75 Å². The van der Waals surface area contributed by atoms with Gasteiger partial charge < -0.3 is 19.7 Å². The summed E-state index contributed by atoms with van der Waals surface area (Å²) < 4.78 is 10.5. The average Bonchev–Trinajstić information content (AvgIpc) is 3.14. The topological polar surface area (TPSA) is 84.9 Å². The Hall–Kier alpha value is -3.35. The van der Waals surface area contributed by atoms with E-state index in [0.717, 1.165) is 17.7 Å². The Labute approximate surface area is 169 Å². The minimum absolute atomic E-state index is 0.0807. The zero-order valence-corrected chi connectivity index (χ0v) is 16.7. The molecule has 152 valence electrons. The highest BCUT2D eigenvalue weighted by atomic mass is 16.5. The molecule has 1 saturated heterocycles. The van der Waals surface area contributed by atoms with Gasteiger partial charge >= 0.3 is 5.97 Å². The fourth-order valence-electron chi connectivity index (χ4n) is 3.13. The number of nitrogens with zero attached hydrogens (tertiary/aromatic N) is 1. The minimum atomic E-state index is -0.993. The number of nitrogens with one attached hydrogen (secondary N) is 1. The van der Waals surface area contributed by atoms with Crippen LogP contribution in [0.1, 0.15) is 35.7 Å². The molecule has 1 aliphatic heterocycles. The van der Waals surface area contributed by atoms with Crippen molar-refractivity contribution < 1.29 is 23.9 Å². The van der Waals surface area contributed by atoms with Gasteiger partial charge in [0.25, 0.3) is 5.91 Å². The Balaban J connectivity index is 1.62. The Morgan fingerprint density at radius 2 is 1.86 bits per heavy atom. The van der Waals surface area contributed by atoms with Gasteiger partial charge in [0.2, 0.25) is 5.91 Å². The van der Waals surface area contributed by atoms with Crippen LogP contribution in [0.25, 0.3) is 0 Å². The molecule has 0 saturated carbocycles. The fourth-order valence-corrected chi connectivity index (χ4v) is 3.13. The molecule has 1 heterocycles. The number of ether oxygens (including phenoxy) is 2. The van der Waals surface area contributed by atoms with Crippen LogP contribution >= 0.6 is 0 Å². The summed E-state index contributed by atoms with van der Waals surface area (Å²) >= 11 is 0. The largest absolute Gasteiger partial charge is 0.495 e. The maximum Gasteiger partial charge on any atom is 0.338 e. The first-order valence-corrected chi connectivity index (χ1v) is 9.46. The molecular weight excluding hydrogens is 372 g/mol. The van der Waals surface area contributed by atoms with Gasteiger partial charge in [0, 0.05) is 18.7 Å². The minimum Gasteiger partial charge on any atom is -0.495 e. The Morgan fingerprint density at radius 1 is 1.14 bits per heavy atom. The number of esters is 1. The van der Waals surface area contributed by atoms with Crippen LogP contribution in [-0.4, -0.2) is 37.5 Å². The standard InChI is InChI=1S/C22H24N2O5/c1-14-6-11-19(28-3)18(13-14)23-21(26)15(2)29-22(27)16-7-9-17(10-8-16)24-12-4-5-20(24)25/h6-11,13,15H,4-5,12H2,1-3H3,(H,23,26)/t15-/m0/s1. The summed E-state index contributed by atoms with van der Waals surface area (Å²) in [5, 5.41) is 2.72. The molecule has 2 aromatic rings. The van der Waals surface area contributed by atoms with Gasteiger partial charge in [-0.2, -0.15) is 0 Å². The van der Waals surface area contributed by atoms with Crippen LogP contribution in [0.2, 0.25) is 0 Å². The first-order chi connectivity index (χ1) is 13.9. The summed E-state index contributed by atoms with van der Waals surface area (Å²) in [5.41, 5.74) is 2.54. The lowest BCUT2D eigenvalue weighted by atomic mass is 10.2. The molecule has 2 amide bonds. The number of aryl methyl sites for hydroxylation is 1. The van der Waals surface area contributed by atoms with E-state index in [0.29, 0.717) is 30.0 Å². The van der Waals surface area contributed by atoms with Crippen molar-refractivity contribution in [2.75, 3.05) is 23.9 Å². The van der Waals surface area contributed by atoms with Crippen molar-refractivity contribution in [2.24, 2.45) is 0 Å². The number of amides is 2. The molecule has 1 atom stereocenters. The number of anilines is 2. The second-order valence-corrected chi connectivity index (χ2v) is 6.94. The molecular formula is C22H24N2O5. The Bertz CT molecular complexity index is 923. The summed E-state index contributed by atoms with van der Waals surface area (Å²) in [6.45, 7) is 4.09.